The minimum Gasteiger partial charge on any atom is -0.305 e. The molecule has 1 atom stereocenters. The Balaban J connectivity index is 2.29. The molecule has 1 unspecified atom stereocenters. The van der Waals surface area contributed by atoms with Crippen molar-refractivity contribution in [2.24, 2.45) is 0 Å². The first-order valence-corrected chi connectivity index (χ1v) is 7.01. The lowest BCUT2D eigenvalue weighted by atomic mass is 10.1. The first kappa shape index (κ1) is 13.7. The number of nitrogens with one attached hydrogen (secondary N) is 1. The Hall–Kier alpha value is -1.68. The number of hydrogen-bond donors (Lipinski definition) is 1. The molecule has 0 aliphatic heterocycles. The maximum Gasteiger partial charge on any atom is 0.0763 e. The molecule has 102 valence electrons. The van der Waals surface area contributed by atoms with Crippen molar-refractivity contribution >= 4 is 0 Å². The van der Waals surface area contributed by atoms with E-state index < -0.39 is 0 Å². The van der Waals surface area contributed by atoms with E-state index in [0.29, 0.717) is 0 Å². The van der Waals surface area contributed by atoms with E-state index >= 15 is 0 Å². The number of aromatic nitrogens is 3. The summed E-state index contributed by atoms with van der Waals surface area (Å²) in [7, 11) is 0. The molecule has 0 aromatic carbocycles. The Morgan fingerprint density at radius 1 is 1.21 bits per heavy atom. The van der Waals surface area contributed by atoms with Gasteiger partial charge < -0.3 is 5.32 Å². The normalized spacial score (nSPS) is 12.5. The molecule has 2 aromatic rings. The zero-order valence-electron chi connectivity index (χ0n) is 11.7. The van der Waals surface area contributed by atoms with Crippen molar-refractivity contribution in [1.82, 2.24) is 20.1 Å². The summed E-state index contributed by atoms with van der Waals surface area (Å²) in [6.07, 6.45) is 7.81. The van der Waals surface area contributed by atoms with E-state index in [2.05, 4.69) is 46.1 Å². The predicted molar refractivity (Wildman–Crippen MR) is 76.9 cm³/mol. The average Bonchev–Trinajstić information content (AvgIpc) is 2.89. The Kier molecular flexibility index (Phi) is 5.10. The van der Waals surface area contributed by atoms with Crippen LogP contribution in [-0.2, 0) is 6.54 Å². The van der Waals surface area contributed by atoms with Crippen molar-refractivity contribution in [2.75, 3.05) is 6.54 Å². The summed E-state index contributed by atoms with van der Waals surface area (Å²) >= 11 is 0. The molecule has 0 radical (unpaired) electrons. The monoisotopic (exact) mass is 258 g/mol. The smallest absolute Gasteiger partial charge is 0.0763 e. The second-order valence-electron chi connectivity index (χ2n) is 4.65. The average molecular weight is 258 g/mol. The van der Waals surface area contributed by atoms with E-state index in [1.807, 2.05) is 24.7 Å². The van der Waals surface area contributed by atoms with Crippen molar-refractivity contribution in [1.29, 1.82) is 0 Å². The Labute approximate surface area is 114 Å². The fraction of sp³-hybridized carbons (Fsp3) is 0.467. The quantitative estimate of drug-likeness (QED) is 0.830. The van der Waals surface area contributed by atoms with Crippen LogP contribution >= 0.6 is 0 Å². The van der Waals surface area contributed by atoms with E-state index in [1.165, 1.54) is 11.3 Å². The zero-order valence-corrected chi connectivity index (χ0v) is 11.7. The molecule has 0 fully saturated rings. The molecule has 19 heavy (non-hydrogen) atoms. The van der Waals surface area contributed by atoms with Crippen LogP contribution < -0.4 is 5.32 Å². The molecule has 4 heteroatoms. The molecule has 0 saturated heterocycles. The molecule has 0 amide bonds. The second kappa shape index (κ2) is 7.04. The molecule has 2 heterocycles. The second-order valence-corrected chi connectivity index (χ2v) is 4.65. The summed E-state index contributed by atoms with van der Waals surface area (Å²) in [6.45, 7) is 6.28. The van der Waals surface area contributed by atoms with Gasteiger partial charge in [-0.1, -0.05) is 19.9 Å². The van der Waals surface area contributed by atoms with Crippen LogP contribution in [0.4, 0.5) is 0 Å². The van der Waals surface area contributed by atoms with Crippen molar-refractivity contribution in [3.63, 3.8) is 0 Å². The zero-order chi connectivity index (χ0) is 13.5. The van der Waals surface area contributed by atoms with Crippen molar-refractivity contribution in [3.05, 3.63) is 48.0 Å². The van der Waals surface area contributed by atoms with Crippen molar-refractivity contribution < 1.29 is 0 Å². The minimum atomic E-state index is 0.169. The Morgan fingerprint density at radius 3 is 2.79 bits per heavy atom. The lowest BCUT2D eigenvalue weighted by Crippen LogP contribution is -2.26. The molecule has 0 saturated carbocycles. The summed E-state index contributed by atoms with van der Waals surface area (Å²) in [6, 6.07) is 6.36. The summed E-state index contributed by atoms with van der Waals surface area (Å²) in [5, 5.41) is 8.00. The van der Waals surface area contributed by atoms with Gasteiger partial charge in [0.05, 0.1) is 11.7 Å². The van der Waals surface area contributed by atoms with Gasteiger partial charge in [-0.25, -0.2) is 0 Å². The number of hydrogen-bond acceptors (Lipinski definition) is 3. The van der Waals surface area contributed by atoms with Gasteiger partial charge in [-0.15, -0.1) is 0 Å². The van der Waals surface area contributed by atoms with E-state index in [1.54, 1.807) is 0 Å². The summed E-state index contributed by atoms with van der Waals surface area (Å²) in [4.78, 5) is 4.23. The van der Waals surface area contributed by atoms with E-state index in [0.717, 1.165) is 25.9 Å². The molecule has 0 spiro atoms. The molecule has 0 bridgehead atoms. The topological polar surface area (TPSA) is 42.7 Å². The SMILES string of the molecule is CCCNC(c1cccnc1)c1ccnn1CCC. The van der Waals surface area contributed by atoms with Crippen LogP contribution in [-0.4, -0.2) is 21.3 Å². The van der Waals surface area contributed by atoms with Gasteiger partial charge in [0.15, 0.2) is 0 Å². The molecule has 0 aliphatic rings. The minimum absolute atomic E-state index is 0.169. The van der Waals surface area contributed by atoms with Gasteiger partial charge in [-0.2, -0.15) is 5.10 Å². The first-order chi connectivity index (χ1) is 9.36. The van der Waals surface area contributed by atoms with Crippen molar-refractivity contribution in [3.8, 4) is 0 Å². The third kappa shape index (κ3) is 3.41. The highest BCUT2D eigenvalue weighted by Crippen LogP contribution is 2.21. The van der Waals surface area contributed by atoms with E-state index in [-0.39, 0.29) is 6.04 Å². The Bertz CT molecular complexity index is 478. The summed E-state index contributed by atoms with van der Waals surface area (Å²) in [5.41, 5.74) is 2.40. The highest BCUT2D eigenvalue weighted by molar-refractivity contribution is 5.25. The fourth-order valence-electron chi connectivity index (χ4n) is 2.22. The maximum absolute atomic E-state index is 4.42. The number of pyridine rings is 1. The van der Waals surface area contributed by atoms with Crippen LogP contribution in [0.5, 0.6) is 0 Å². The number of rotatable bonds is 7. The Morgan fingerprint density at radius 2 is 2.11 bits per heavy atom. The van der Waals surface area contributed by atoms with Crippen LogP contribution in [0.25, 0.3) is 0 Å². The van der Waals surface area contributed by atoms with Gasteiger partial charge in [0.1, 0.15) is 0 Å². The van der Waals surface area contributed by atoms with Crippen molar-refractivity contribution in [2.45, 2.75) is 39.3 Å². The molecular weight excluding hydrogens is 236 g/mol. The molecular formula is C15H22N4. The van der Waals surface area contributed by atoms with Gasteiger partial charge in [0, 0.05) is 25.1 Å². The van der Waals surface area contributed by atoms with Crippen LogP contribution in [0.3, 0.4) is 0 Å². The van der Waals surface area contributed by atoms with Crippen LogP contribution in [0.2, 0.25) is 0 Å². The van der Waals surface area contributed by atoms with Gasteiger partial charge in [-0.3, -0.25) is 9.67 Å². The van der Waals surface area contributed by atoms with Gasteiger partial charge in [-0.05, 0) is 37.1 Å². The largest absolute Gasteiger partial charge is 0.305 e. The highest BCUT2D eigenvalue weighted by Gasteiger charge is 2.17. The lowest BCUT2D eigenvalue weighted by Gasteiger charge is -2.20. The van der Waals surface area contributed by atoms with E-state index in [4.69, 9.17) is 0 Å². The molecule has 1 N–H and O–H groups in total. The number of aryl methyl sites for hydroxylation is 1. The van der Waals surface area contributed by atoms with Crippen LogP contribution in [0.15, 0.2) is 36.8 Å². The molecule has 4 nitrogen and oxygen atoms in total. The van der Waals surface area contributed by atoms with Gasteiger partial charge in [0.2, 0.25) is 0 Å². The molecule has 2 rings (SSSR count). The third-order valence-corrected chi connectivity index (χ3v) is 3.10. The molecule has 2 aromatic heterocycles. The maximum atomic E-state index is 4.42. The van der Waals surface area contributed by atoms with Crippen LogP contribution in [0.1, 0.15) is 44.0 Å². The highest BCUT2D eigenvalue weighted by atomic mass is 15.3. The standard InChI is InChI=1S/C15H22N4/c1-3-8-17-15(13-6-5-9-16-12-13)14-7-10-18-19(14)11-4-2/h5-7,9-10,12,15,17H,3-4,8,11H2,1-2H3. The van der Waals surface area contributed by atoms with Gasteiger partial charge >= 0.3 is 0 Å². The third-order valence-electron chi connectivity index (χ3n) is 3.10. The van der Waals surface area contributed by atoms with E-state index in [9.17, 15) is 0 Å². The summed E-state index contributed by atoms with van der Waals surface area (Å²) in [5.74, 6) is 0. The molecule has 0 aliphatic carbocycles. The lowest BCUT2D eigenvalue weighted by molar-refractivity contribution is 0.511. The van der Waals surface area contributed by atoms with Gasteiger partial charge in [0.25, 0.3) is 0 Å². The predicted octanol–water partition coefficient (Wildman–Crippen LogP) is 2.78. The van der Waals surface area contributed by atoms with Crippen LogP contribution in [0, 0.1) is 0 Å². The summed E-state index contributed by atoms with van der Waals surface area (Å²) < 4.78 is 2.08. The number of nitrogens with zero attached hydrogens (tertiary/aromatic N) is 3. The fourth-order valence-corrected chi connectivity index (χ4v) is 2.22. The first-order valence-electron chi connectivity index (χ1n) is 7.01.